The molecule has 0 aromatic heterocycles. The Morgan fingerprint density at radius 2 is 1.81 bits per heavy atom. The number of hydrogen-bond acceptors (Lipinski definition) is 2. The van der Waals surface area contributed by atoms with E-state index >= 15 is 0 Å². The first-order valence-electron chi connectivity index (χ1n) is 7.37. The first-order chi connectivity index (χ1) is 9.82. The van der Waals surface area contributed by atoms with Crippen molar-refractivity contribution in [3.8, 4) is 0 Å². The highest BCUT2D eigenvalue weighted by atomic mass is 28.3. The summed E-state index contributed by atoms with van der Waals surface area (Å²) in [5, 5.41) is -0.443. The molecule has 1 heterocycles. The number of hydrogen-bond donors (Lipinski definition) is 0. The van der Waals surface area contributed by atoms with Crippen LogP contribution < -0.4 is 4.90 Å². The van der Waals surface area contributed by atoms with Gasteiger partial charge >= 0.3 is 0 Å². The zero-order valence-corrected chi connectivity index (χ0v) is 13.8. The van der Waals surface area contributed by atoms with Crippen molar-refractivity contribution in [1.29, 1.82) is 0 Å². The van der Waals surface area contributed by atoms with Gasteiger partial charge in [-0.15, -0.1) is 6.58 Å². The maximum atomic E-state index is 13.1. The maximum absolute atomic E-state index is 13.1. The van der Waals surface area contributed by atoms with Gasteiger partial charge < -0.3 is 0 Å². The van der Waals surface area contributed by atoms with Crippen molar-refractivity contribution >= 4 is 25.6 Å². The molecular formula is C17H21NO2Si. The second-order valence-electron chi connectivity index (χ2n) is 7.19. The normalized spacial score (nSPS) is 31.3. The summed E-state index contributed by atoms with van der Waals surface area (Å²) in [5.41, 5.74) is 0.173. The van der Waals surface area contributed by atoms with Crippen molar-refractivity contribution in [3.63, 3.8) is 0 Å². The smallest absolute Gasteiger partial charge is 0.241 e. The number of fused-ring (bicyclic) bond motifs is 1. The number of nitrogens with zero attached hydrogens (tertiary/aromatic N) is 1. The minimum absolute atomic E-state index is 0.0136. The van der Waals surface area contributed by atoms with Gasteiger partial charge in [-0.05, 0) is 25.0 Å². The summed E-state index contributed by atoms with van der Waals surface area (Å²) in [4.78, 5) is 27.5. The Kier molecular flexibility index (Phi) is 2.83. The number of rotatable bonds is 4. The molecule has 1 aliphatic heterocycles. The Labute approximate surface area is 126 Å². The van der Waals surface area contributed by atoms with Crippen molar-refractivity contribution in [2.45, 2.75) is 37.5 Å². The zero-order valence-electron chi connectivity index (χ0n) is 12.8. The standard InChI is InChI=1S/C17H21NO2Si/c1-5-11-16-12-17(16,21(2,3)4)15(20)18(14(16)19)13-9-7-6-8-10-13/h5-10H,1,11-12H2,2-4H3/t16-,17-/m0/s1. The summed E-state index contributed by atoms with van der Waals surface area (Å²) in [6.45, 7) is 10.4. The third-order valence-electron chi connectivity index (χ3n) is 5.23. The second-order valence-corrected chi connectivity index (χ2v) is 12.5. The van der Waals surface area contributed by atoms with Gasteiger partial charge in [0.2, 0.25) is 11.8 Å². The van der Waals surface area contributed by atoms with Crippen LogP contribution in [0, 0.1) is 5.41 Å². The molecule has 3 nitrogen and oxygen atoms in total. The Bertz CT molecular complexity index is 634. The second kappa shape index (κ2) is 4.16. The minimum Gasteiger partial charge on any atom is -0.274 e. The number of carbonyl (C=O) groups is 2. The third kappa shape index (κ3) is 1.54. The summed E-state index contributed by atoms with van der Waals surface area (Å²) in [6, 6.07) is 9.28. The number of piperidine rings is 1. The van der Waals surface area contributed by atoms with E-state index < -0.39 is 18.5 Å². The highest BCUT2D eigenvalue weighted by molar-refractivity contribution is 6.85. The number of allylic oxidation sites excluding steroid dienone is 1. The maximum Gasteiger partial charge on any atom is 0.241 e. The lowest BCUT2D eigenvalue weighted by molar-refractivity contribution is -0.125. The van der Waals surface area contributed by atoms with Crippen molar-refractivity contribution in [2.24, 2.45) is 5.41 Å². The topological polar surface area (TPSA) is 37.4 Å². The van der Waals surface area contributed by atoms with Gasteiger partial charge in [-0.3, -0.25) is 9.59 Å². The molecule has 0 radical (unpaired) electrons. The first-order valence-corrected chi connectivity index (χ1v) is 10.9. The molecule has 0 unspecified atom stereocenters. The van der Waals surface area contributed by atoms with E-state index in [-0.39, 0.29) is 11.8 Å². The third-order valence-corrected chi connectivity index (χ3v) is 8.66. The van der Waals surface area contributed by atoms with Gasteiger partial charge in [-0.1, -0.05) is 43.9 Å². The number of para-hydroxylation sites is 1. The molecule has 2 fully saturated rings. The molecule has 21 heavy (non-hydrogen) atoms. The van der Waals surface area contributed by atoms with Crippen LogP contribution in [0.3, 0.4) is 0 Å². The first kappa shape index (κ1) is 14.3. The molecule has 0 bridgehead atoms. The number of imide groups is 1. The van der Waals surface area contributed by atoms with Crippen LogP contribution in [-0.4, -0.2) is 19.9 Å². The lowest BCUT2D eigenvalue weighted by Crippen LogP contribution is -2.41. The van der Waals surface area contributed by atoms with E-state index in [1.165, 1.54) is 4.90 Å². The van der Waals surface area contributed by atoms with Gasteiger partial charge in [0.25, 0.3) is 0 Å². The Balaban J connectivity index is 2.12. The van der Waals surface area contributed by atoms with E-state index in [4.69, 9.17) is 0 Å². The van der Waals surface area contributed by atoms with Crippen LogP contribution in [0.15, 0.2) is 43.0 Å². The Morgan fingerprint density at radius 1 is 1.19 bits per heavy atom. The van der Waals surface area contributed by atoms with Crippen LogP contribution in [0.25, 0.3) is 0 Å². The van der Waals surface area contributed by atoms with Gasteiger partial charge in [0.15, 0.2) is 0 Å². The van der Waals surface area contributed by atoms with Gasteiger partial charge in [0.05, 0.1) is 24.2 Å². The van der Waals surface area contributed by atoms with Crippen LogP contribution in [0.4, 0.5) is 5.69 Å². The molecule has 0 spiro atoms. The summed E-state index contributed by atoms with van der Waals surface area (Å²) in [6.07, 6.45) is 3.11. The van der Waals surface area contributed by atoms with Gasteiger partial charge in [0, 0.05) is 0 Å². The van der Waals surface area contributed by atoms with Crippen LogP contribution >= 0.6 is 0 Å². The summed E-state index contributed by atoms with van der Waals surface area (Å²) in [7, 11) is -1.82. The van der Waals surface area contributed by atoms with Gasteiger partial charge in [-0.25, -0.2) is 4.90 Å². The van der Waals surface area contributed by atoms with E-state index in [0.717, 1.165) is 0 Å². The van der Waals surface area contributed by atoms with E-state index in [0.29, 0.717) is 18.5 Å². The molecule has 1 saturated heterocycles. The largest absolute Gasteiger partial charge is 0.274 e. The van der Waals surface area contributed by atoms with Gasteiger partial charge in [-0.2, -0.15) is 0 Å². The lowest BCUT2D eigenvalue weighted by Gasteiger charge is -2.28. The molecule has 110 valence electrons. The van der Waals surface area contributed by atoms with E-state index in [2.05, 4.69) is 26.2 Å². The quantitative estimate of drug-likeness (QED) is 0.484. The Morgan fingerprint density at radius 3 is 2.33 bits per heavy atom. The SMILES string of the molecule is C=CC[C@@]12C[C@]1([Si](C)(C)C)C(=O)N(c1ccccc1)C2=O. The zero-order chi connectivity index (χ0) is 15.5. The molecule has 1 aliphatic carbocycles. The minimum atomic E-state index is -1.82. The van der Waals surface area contributed by atoms with Crippen LogP contribution in [0.5, 0.6) is 0 Å². The molecule has 2 atom stereocenters. The van der Waals surface area contributed by atoms with E-state index in [1.807, 2.05) is 30.3 Å². The molecule has 2 amide bonds. The number of anilines is 1. The van der Waals surface area contributed by atoms with Crippen LogP contribution in [-0.2, 0) is 9.59 Å². The van der Waals surface area contributed by atoms with Crippen molar-refractivity contribution in [1.82, 2.24) is 0 Å². The van der Waals surface area contributed by atoms with E-state index in [9.17, 15) is 9.59 Å². The molecule has 1 aromatic carbocycles. The predicted octanol–water partition coefficient (Wildman–Crippen LogP) is 3.60. The highest BCUT2D eigenvalue weighted by Crippen LogP contribution is 2.81. The molecular weight excluding hydrogens is 278 g/mol. The summed E-state index contributed by atoms with van der Waals surface area (Å²) >= 11 is 0. The molecule has 2 aliphatic rings. The fourth-order valence-electron chi connectivity index (χ4n) is 4.14. The highest BCUT2D eigenvalue weighted by Gasteiger charge is 2.85. The Hall–Kier alpha value is -1.68. The van der Waals surface area contributed by atoms with Crippen molar-refractivity contribution in [3.05, 3.63) is 43.0 Å². The molecule has 1 aromatic rings. The summed E-state index contributed by atoms with van der Waals surface area (Å²) in [5.74, 6) is -0.0132. The van der Waals surface area contributed by atoms with E-state index in [1.54, 1.807) is 6.08 Å². The average molecular weight is 299 g/mol. The fraction of sp³-hybridized carbons (Fsp3) is 0.412. The number of benzene rings is 1. The predicted molar refractivity (Wildman–Crippen MR) is 86.8 cm³/mol. The molecule has 1 saturated carbocycles. The molecule has 3 rings (SSSR count). The molecule has 0 N–H and O–H groups in total. The number of carbonyl (C=O) groups excluding carboxylic acids is 2. The van der Waals surface area contributed by atoms with Crippen molar-refractivity contribution in [2.75, 3.05) is 4.90 Å². The molecule has 4 heteroatoms. The van der Waals surface area contributed by atoms with Crippen LogP contribution in [0.2, 0.25) is 24.7 Å². The van der Waals surface area contributed by atoms with Crippen molar-refractivity contribution < 1.29 is 9.59 Å². The summed E-state index contributed by atoms with van der Waals surface area (Å²) < 4.78 is 0. The number of amides is 2. The fourth-order valence-corrected chi connectivity index (χ4v) is 7.37. The monoisotopic (exact) mass is 299 g/mol. The van der Waals surface area contributed by atoms with Gasteiger partial charge in [0.1, 0.15) is 0 Å². The lowest BCUT2D eigenvalue weighted by atomic mass is 10.0. The van der Waals surface area contributed by atoms with Crippen LogP contribution in [0.1, 0.15) is 12.8 Å². The average Bonchev–Trinajstić information content (AvgIpc) is 3.07.